The highest BCUT2D eigenvalue weighted by molar-refractivity contribution is 5.73. The molecule has 16 heavy (non-hydrogen) atoms. The van der Waals surface area contributed by atoms with Crippen LogP contribution in [-0.2, 0) is 4.79 Å². The van der Waals surface area contributed by atoms with E-state index in [0.29, 0.717) is 12.0 Å². The number of piperidine rings is 1. The first kappa shape index (κ1) is 11.9. The number of hydrogen-bond acceptors (Lipinski definition) is 3. The van der Waals surface area contributed by atoms with Gasteiger partial charge in [-0.05, 0) is 38.3 Å². The molecule has 0 aliphatic carbocycles. The van der Waals surface area contributed by atoms with Gasteiger partial charge in [-0.25, -0.2) is 0 Å². The first-order valence-corrected chi connectivity index (χ1v) is 6.42. The summed E-state index contributed by atoms with van der Waals surface area (Å²) in [6.07, 6.45) is 4.00. The van der Waals surface area contributed by atoms with E-state index >= 15 is 0 Å². The van der Waals surface area contributed by atoms with Gasteiger partial charge in [-0.15, -0.1) is 0 Å². The summed E-state index contributed by atoms with van der Waals surface area (Å²) >= 11 is 0. The van der Waals surface area contributed by atoms with E-state index in [9.17, 15) is 4.79 Å². The number of nitrogens with one attached hydrogen (secondary N) is 1. The summed E-state index contributed by atoms with van der Waals surface area (Å²) < 4.78 is 0. The van der Waals surface area contributed by atoms with Crippen molar-refractivity contribution in [3.05, 3.63) is 0 Å². The summed E-state index contributed by atoms with van der Waals surface area (Å²) in [5.74, 6) is -0.0188. The number of fused-ring (bicyclic) bond motifs is 2. The quantitative estimate of drug-likeness (QED) is 0.732. The van der Waals surface area contributed by atoms with Crippen LogP contribution in [0.5, 0.6) is 0 Å². The molecule has 4 atom stereocenters. The Hall–Kier alpha value is -0.610. The molecule has 2 saturated heterocycles. The van der Waals surface area contributed by atoms with E-state index in [2.05, 4.69) is 10.2 Å². The second-order valence-corrected chi connectivity index (χ2v) is 5.09. The molecule has 4 heteroatoms. The molecule has 92 valence electrons. The van der Waals surface area contributed by atoms with E-state index < -0.39 is 5.97 Å². The van der Waals surface area contributed by atoms with Crippen molar-refractivity contribution < 1.29 is 9.90 Å². The number of aliphatic carboxylic acids is 1. The molecule has 4 unspecified atom stereocenters. The second kappa shape index (κ2) is 5.15. The molecule has 0 aromatic carbocycles. The monoisotopic (exact) mass is 226 g/mol. The van der Waals surface area contributed by atoms with E-state index in [0.717, 1.165) is 32.4 Å². The molecule has 2 bridgehead atoms. The van der Waals surface area contributed by atoms with Crippen LogP contribution in [-0.4, -0.2) is 47.7 Å². The Morgan fingerprint density at radius 2 is 2.25 bits per heavy atom. The lowest BCUT2D eigenvalue weighted by Crippen LogP contribution is -2.50. The van der Waals surface area contributed by atoms with Crippen LogP contribution in [0.3, 0.4) is 0 Å². The van der Waals surface area contributed by atoms with Gasteiger partial charge in [-0.2, -0.15) is 0 Å². The first-order valence-electron chi connectivity index (χ1n) is 6.42. The van der Waals surface area contributed by atoms with E-state index in [1.165, 1.54) is 13.0 Å². The van der Waals surface area contributed by atoms with Gasteiger partial charge in [-0.3, -0.25) is 4.79 Å². The van der Waals surface area contributed by atoms with Crippen molar-refractivity contribution in [1.29, 1.82) is 0 Å². The molecular weight excluding hydrogens is 204 g/mol. The molecule has 0 spiro atoms. The summed E-state index contributed by atoms with van der Waals surface area (Å²) in [5.41, 5.74) is 0. The van der Waals surface area contributed by atoms with Crippen molar-refractivity contribution in [3.63, 3.8) is 0 Å². The zero-order valence-corrected chi connectivity index (χ0v) is 9.98. The smallest absolute Gasteiger partial charge is 0.320 e. The van der Waals surface area contributed by atoms with Crippen molar-refractivity contribution in [3.8, 4) is 0 Å². The number of carboxylic acid groups (broad SMARTS) is 1. The lowest BCUT2D eigenvalue weighted by molar-refractivity contribution is -0.140. The molecule has 2 fully saturated rings. The zero-order valence-electron chi connectivity index (χ0n) is 9.98. The number of carboxylic acids is 1. The summed E-state index contributed by atoms with van der Waals surface area (Å²) in [7, 11) is 0. The summed E-state index contributed by atoms with van der Waals surface area (Å²) in [6.45, 7) is 5.53. The number of rotatable bonds is 5. The van der Waals surface area contributed by atoms with Crippen molar-refractivity contribution in [2.45, 2.75) is 44.7 Å². The topological polar surface area (TPSA) is 52.6 Å². The Kier molecular flexibility index (Phi) is 3.82. The van der Waals surface area contributed by atoms with E-state index in [4.69, 9.17) is 5.11 Å². The SMILES string of the molecule is CCCC(NC1CCN2CCC1C2)C(=O)O. The van der Waals surface area contributed by atoms with Gasteiger partial charge < -0.3 is 15.3 Å². The predicted octanol–water partition coefficient (Wildman–Crippen LogP) is 0.923. The third kappa shape index (κ3) is 2.55. The number of hydrogen-bond donors (Lipinski definition) is 2. The minimum absolute atomic E-state index is 0.345. The molecule has 0 aromatic rings. The molecule has 0 amide bonds. The highest BCUT2D eigenvalue weighted by atomic mass is 16.4. The molecule has 2 heterocycles. The van der Waals surface area contributed by atoms with Gasteiger partial charge in [0.05, 0.1) is 0 Å². The molecule has 0 radical (unpaired) electrons. The fourth-order valence-corrected chi connectivity index (χ4v) is 3.00. The Labute approximate surface area is 97.0 Å². The molecular formula is C12H22N2O2. The van der Waals surface area contributed by atoms with Crippen LogP contribution < -0.4 is 5.32 Å². The standard InChI is InChI=1S/C12H22N2O2/c1-2-3-11(12(15)16)13-10-5-7-14-6-4-9(10)8-14/h9-11,13H,2-8H2,1H3,(H,15,16). The van der Waals surface area contributed by atoms with Gasteiger partial charge >= 0.3 is 5.97 Å². The highest BCUT2D eigenvalue weighted by Crippen LogP contribution is 2.27. The van der Waals surface area contributed by atoms with Crippen LogP contribution in [0.1, 0.15) is 32.6 Å². The minimum atomic E-state index is -0.692. The zero-order chi connectivity index (χ0) is 11.5. The summed E-state index contributed by atoms with van der Waals surface area (Å²) in [6, 6.07) is 0.0774. The van der Waals surface area contributed by atoms with Crippen molar-refractivity contribution in [1.82, 2.24) is 10.2 Å². The van der Waals surface area contributed by atoms with Crippen LogP contribution in [0.25, 0.3) is 0 Å². The lowest BCUT2D eigenvalue weighted by Gasteiger charge is -2.33. The average Bonchev–Trinajstić information content (AvgIpc) is 2.64. The Balaban J connectivity index is 1.89. The van der Waals surface area contributed by atoms with Crippen molar-refractivity contribution in [2.24, 2.45) is 5.92 Å². The maximum atomic E-state index is 11.1. The summed E-state index contributed by atoms with van der Waals surface area (Å²) in [5, 5.41) is 12.5. The third-order valence-corrected chi connectivity index (χ3v) is 3.92. The fourth-order valence-electron chi connectivity index (χ4n) is 3.00. The molecule has 2 aliphatic rings. The van der Waals surface area contributed by atoms with E-state index in [-0.39, 0.29) is 6.04 Å². The Morgan fingerprint density at radius 3 is 2.94 bits per heavy atom. The number of carbonyl (C=O) groups is 1. The van der Waals surface area contributed by atoms with E-state index in [1.54, 1.807) is 0 Å². The lowest BCUT2D eigenvalue weighted by atomic mass is 9.93. The molecule has 2 rings (SSSR count). The third-order valence-electron chi connectivity index (χ3n) is 3.92. The molecule has 2 aliphatic heterocycles. The van der Waals surface area contributed by atoms with Crippen LogP contribution in [0.4, 0.5) is 0 Å². The largest absolute Gasteiger partial charge is 0.480 e. The highest BCUT2D eigenvalue weighted by Gasteiger charge is 2.35. The molecule has 0 saturated carbocycles. The first-order chi connectivity index (χ1) is 7.70. The average molecular weight is 226 g/mol. The van der Waals surface area contributed by atoms with Gasteiger partial charge in [0, 0.05) is 12.6 Å². The molecule has 2 N–H and O–H groups in total. The van der Waals surface area contributed by atoms with Crippen molar-refractivity contribution in [2.75, 3.05) is 19.6 Å². The Morgan fingerprint density at radius 1 is 1.50 bits per heavy atom. The van der Waals surface area contributed by atoms with Gasteiger partial charge in [0.15, 0.2) is 0 Å². The van der Waals surface area contributed by atoms with Crippen LogP contribution in [0.15, 0.2) is 0 Å². The van der Waals surface area contributed by atoms with Gasteiger partial charge in [0.25, 0.3) is 0 Å². The van der Waals surface area contributed by atoms with Crippen molar-refractivity contribution >= 4 is 5.97 Å². The van der Waals surface area contributed by atoms with Gasteiger partial charge in [-0.1, -0.05) is 13.3 Å². The minimum Gasteiger partial charge on any atom is -0.480 e. The van der Waals surface area contributed by atoms with Gasteiger partial charge in [0.2, 0.25) is 0 Å². The predicted molar refractivity (Wildman–Crippen MR) is 62.4 cm³/mol. The van der Waals surface area contributed by atoms with Crippen LogP contribution >= 0.6 is 0 Å². The van der Waals surface area contributed by atoms with Gasteiger partial charge in [0.1, 0.15) is 6.04 Å². The summed E-state index contributed by atoms with van der Waals surface area (Å²) in [4.78, 5) is 13.6. The fraction of sp³-hybridized carbons (Fsp3) is 0.917. The van der Waals surface area contributed by atoms with E-state index in [1.807, 2.05) is 6.92 Å². The molecule has 0 aromatic heterocycles. The number of nitrogens with zero attached hydrogens (tertiary/aromatic N) is 1. The van der Waals surface area contributed by atoms with Crippen LogP contribution in [0, 0.1) is 5.92 Å². The van der Waals surface area contributed by atoms with Crippen LogP contribution in [0.2, 0.25) is 0 Å². The second-order valence-electron chi connectivity index (χ2n) is 5.09. The maximum absolute atomic E-state index is 11.1. The normalized spacial score (nSPS) is 34.9. The Bertz CT molecular complexity index is 257. The molecule has 4 nitrogen and oxygen atoms in total. The maximum Gasteiger partial charge on any atom is 0.320 e.